The molecule has 3 aromatic heterocycles. The van der Waals surface area contributed by atoms with Gasteiger partial charge in [0, 0.05) is 83.1 Å². The molecular formula is C46H27NS3. The van der Waals surface area contributed by atoms with E-state index in [-0.39, 0.29) is 0 Å². The van der Waals surface area contributed by atoms with E-state index in [4.69, 9.17) is 0 Å². The van der Waals surface area contributed by atoms with Gasteiger partial charge in [-0.05, 0) is 89.1 Å². The van der Waals surface area contributed by atoms with Crippen LogP contribution in [0.15, 0.2) is 164 Å². The molecule has 234 valence electrons. The second-order valence-corrected chi connectivity index (χ2v) is 16.1. The van der Waals surface area contributed by atoms with Crippen LogP contribution in [0.25, 0.3) is 82.4 Å². The molecular weight excluding hydrogens is 663 g/mol. The molecule has 0 fully saturated rings. The molecule has 11 aromatic rings. The van der Waals surface area contributed by atoms with E-state index in [0.29, 0.717) is 0 Å². The van der Waals surface area contributed by atoms with Gasteiger partial charge in [0.1, 0.15) is 0 Å². The van der Waals surface area contributed by atoms with Crippen molar-refractivity contribution in [3.8, 4) is 11.1 Å². The Morgan fingerprint density at radius 2 is 0.780 bits per heavy atom. The van der Waals surface area contributed by atoms with Crippen molar-refractivity contribution >= 4 is 122 Å². The fourth-order valence-electron chi connectivity index (χ4n) is 7.74. The number of hydrogen-bond acceptors (Lipinski definition) is 4. The van der Waals surface area contributed by atoms with Crippen LogP contribution in [0.1, 0.15) is 0 Å². The first-order chi connectivity index (χ1) is 24.8. The van der Waals surface area contributed by atoms with Crippen LogP contribution in [0.5, 0.6) is 0 Å². The normalized spacial score (nSPS) is 12.0. The maximum Gasteiger partial charge on any atom is 0.0468 e. The van der Waals surface area contributed by atoms with Gasteiger partial charge in [0.05, 0.1) is 0 Å². The van der Waals surface area contributed by atoms with Crippen molar-refractivity contribution in [1.82, 2.24) is 0 Å². The molecule has 4 heteroatoms. The van der Waals surface area contributed by atoms with Crippen molar-refractivity contribution in [2.24, 2.45) is 0 Å². The number of thiophene rings is 3. The molecule has 0 amide bonds. The molecule has 0 bridgehead atoms. The van der Waals surface area contributed by atoms with Gasteiger partial charge in [-0.3, -0.25) is 0 Å². The molecule has 0 radical (unpaired) electrons. The average Bonchev–Trinajstić information content (AvgIpc) is 3.85. The summed E-state index contributed by atoms with van der Waals surface area (Å²) in [4.78, 5) is 2.43. The van der Waals surface area contributed by atoms with E-state index in [1.165, 1.54) is 82.4 Å². The summed E-state index contributed by atoms with van der Waals surface area (Å²) < 4.78 is 7.95. The Balaban J connectivity index is 1.12. The van der Waals surface area contributed by atoms with Crippen molar-refractivity contribution in [1.29, 1.82) is 0 Å². The zero-order valence-corrected chi connectivity index (χ0v) is 29.2. The average molecular weight is 690 g/mol. The van der Waals surface area contributed by atoms with Gasteiger partial charge in [0.25, 0.3) is 0 Å². The van der Waals surface area contributed by atoms with Crippen LogP contribution in [0, 0.1) is 0 Å². The quantitative estimate of drug-likeness (QED) is 0.178. The van der Waals surface area contributed by atoms with E-state index in [1.54, 1.807) is 0 Å². The summed E-state index contributed by atoms with van der Waals surface area (Å²) in [6.07, 6.45) is 0. The fraction of sp³-hybridized carbons (Fsp3) is 0. The number of benzene rings is 8. The van der Waals surface area contributed by atoms with Crippen LogP contribution in [0.4, 0.5) is 17.1 Å². The summed E-state index contributed by atoms with van der Waals surface area (Å²) in [6.45, 7) is 0. The van der Waals surface area contributed by atoms with Crippen molar-refractivity contribution in [2.45, 2.75) is 0 Å². The summed E-state index contributed by atoms with van der Waals surface area (Å²) >= 11 is 5.63. The molecule has 3 heterocycles. The lowest BCUT2D eigenvalue weighted by Gasteiger charge is -2.26. The summed E-state index contributed by atoms with van der Waals surface area (Å²) in [7, 11) is 0. The number of nitrogens with zero attached hydrogens (tertiary/aromatic N) is 1. The maximum atomic E-state index is 2.43. The highest BCUT2D eigenvalue weighted by Gasteiger charge is 2.19. The molecule has 1 nitrogen and oxygen atoms in total. The number of anilines is 3. The largest absolute Gasteiger partial charge is 0.310 e. The number of rotatable bonds is 4. The Labute approximate surface area is 300 Å². The Morgan fingerprint density at radius 1 is 0.320 bits per heavy atom. The van der Waals surface area contributed by atoms with Gasteiger partial charge < -0.3 is 4.90 Å². The molecule has 0 saturated carbocycles. The van der Waals surface area contributed by atoms with E-state index in [9.17, 15) is 0 Å². The highest BCUT2D eigenvalue weighted by molar-refractivity contribution is 7.27. The molecule has 0 spiro atoms. The van der Waals surface area contributed by atoms with Crippen LogP contribution in [-0.2, 0) is 0 Å². The monoisotopic (exact) mass is 689 g/mol. The van der Waals surface area contributed by atoms with E-state index in [1.807, 2.05) is 34.0 Å². The molecule has 0 unspecified atom stereocenters. The van der Waals surface area contributed by atoms with Crippen molar-refractivity contribution in [3.05, 3.63) is 164 Å². The van der Waals surface area contributed by atoms with Gasteiger partial charge in [-0.1, -0.05) is 91.0 Å². The van der Waals surface area contributed by atoms with E-state index >= 15 is 0 Å². The molecule has 0 saturated heterocycles. The first-order valence-corrected chi connectivity index (χ1v) is 19.3. The van der Waals surface area contributed by atoms with E-state index < -0.39 is 0 Å². The van der Waals surface area contributed by atoms with Crippen LogP contribution < -0.4 is 4.90 Å². The third-order valence-corrected chi connectivity index (χ3v) is 13.5. The second-order valence-electron chi connectivity index (χ2n) is 12.9. The summed E-state index contributed by atoms with van der Waals surface area (Å²) in [6, 6.07) is 60.7. The second kappa shape index (κ2) is 11.0. The minimum absolute atomic E-state index is 1.14. The first kappa shape index (κ1) is 28.3. The Bertz CT molecular complexity index is 2990. The molecule has 0 aliphatic heterocycles. The SMILES string of the molecule is c1ccc2c(-c3ccc(N(c4ccc5sc6ccccc6c5c4)c4ccc5sc6ccccc6c5c4)cc3)c3sc4ccccc4c3cc2c1. The molecule has 50 heavy (non-hydrogen) atoms. The van der Waals surface area contributed by atoms with Crippen LogP contribution in [0.3, 0.4) is 0 Å². The van der Waals surface area contributed by atoms with Crippen molar-refractivity contribution < 1.29 is 0 Å². The Kier molecular flexibility index (Phi) is 6.23. The lowest BCUT2D eigenvalue weighted by Crippen LogP contribution is -2.09. The number of hydrogen-bond donors (Lipinski definition) is 0. The Morgan fingerprint density at radius 3 is 1.38 bits per heavy atom. The van der Waals surface area contributed by atoms with Crippen LogP contribution >= 0.6 is 34.0 Å². The maximum absolute atomic E-state index is 2.43. The first-order valence-electron chi connectivity index (χ1n) is 16.8. The number of fused-ring (bicyclic) bond motifs is 10. The van der Waals surface area contributed by atoms with Gasteiger partial charge in [-0.2, -0.15) is 0 Å². The van der Waals surface area contributed by atoms with Crippen molar-refractivity contribution in [3.63, 3.8) is 0 Å². The topological polar surface area (TPSA) is 3.24 Å². The zero-order valence-electron chi connectivity index (χ0n) is 26.8. The lowest BCUT2D eigenvalue weighted by molar-refractivity contribution is 1.30. The lowest BCUT2D eigenvalue weighted by atomic mass is 9.95. The standard InChI is InChI=1S/C46H27NS3/c1-2-10-33-29(9-1)25-39-36-13-5-8-16-42(36)50-46(39)45(33)28-17-19-30(20-18-28)47(31-21-23-43-37(26-31)34-11-3-6-14-40(34)48-43)32-22-24-44-38(27-32)35-12-4-7-15-41(35)49-44/h1-27H. The minimum atomic E-state index is 1.14. The third kappa shape index (κ3) is 4.29. The van der Waals surface area contributed by atoms with E-state index in [0.717, 1.165) is 17.1 Å². The van der Waals surface area contributed by atoms with Gasteiger partial charge in [0.15, 0.2) is 0 Å². The third-order valence-electron chi connectivity index (χ3n) is 10.0. The molecule has 11 rings (SSSR count). The Hall–Kier alpha value is -5.52. The molecule has 8 aromatic carbocycles. The van der Waals surface area contributed by atoms with Crippen LogP contribution in [0.2, 0.25) is 0 Å². The predicted octanol–water partition coefficient (Wildman–Crippen LogP) is 15.1. The van der Waals surface area contributed by atoms with E-state index in [2.05, 4.69) is 169 Å². The summed E-state index contributed by atoms with van der Waals surface area (Å²) in [5.41, 5.74) is 6.00. The highest BCUT2D eigenvalue weighted by atomic mass is 32.1. The van der Waals surface area contributed by atoms with Gasteiger partial charge in [-0.15, -0.1) is 34.0 Å². The van der Waals surface area contributed by atoms with Gasteiger partial charge in [-0.25, -0.2) is 0 Å². The van der Waals surface area contributed by atoms with Crippen LogP contribution in [-0.4, -0.2) is 0 Å². The summed E-state index contributed by atoms with van der Waals surface area (Å²) in [5.74, 6) is 0. The smallest absolute Gasteiger partial charge is 0.0468 e. The predicted molar refractivity (Wildman–Crippen MR) is 223 cm³/mol. The van der Waals surface area contributed by atoms with Crippen molar-refractivity contribution in [2.75, 3.05) is 4.90 Å². The van der Waals surface area contributed by atoms with Gasteiger partial charge >= 0.3 is 0 Å². The van der Waals surface area contributed by atoms with Gasteiger partial charge in [0.2, 0.25) is 0 Å². The molecule has 0 aliphatic carbocycles. The molecule has 0 aliphatic rings. The minimum Gasteiger partial charge on any atom is -0.310 e. The highest BCUT2D eigenvalue weighted by Crippen LogP contribution is 2.46. The summed E-state index contributed by atoms with van der Waals surface area (Å²) in [5, 5.41) is 10.5. The zero-order chi connectivity index (χ0) is 32.8. The fourth-order valence-corrected chi connectivity index (χ4v) is 11.2. The molecule has 0 N–H and O–H groups in total. The molecule has 0 atom stereocenters.